The highest BCUT2D eigenvalue weighted by atomic mass is 16.5. The quantitative estimate of drug-likeness (QED) is 0.773. The molecule has 4 amide bonds. The number of ether oxygens (including phenoxy) is 1. The topological polar surface area (TPSA) is 112 Å². The van der Waals surface area contributed by atoms with E-state index in [-0.39, 0.29) is 17.7 Å². The highest BCUT2D eigenvalue weighted by Gasteiger charge is 2.49. The molecule has 142 valence electrons. The van der Waals surface area contributed by atoms with Crippen LogP contribution in [-0.4, -0.2) is 47.5 Å². The summed E-state index contributed by atoms with van der Waals surface area (Å²) in [6.07, 6.45) is 0.704. The van der Waals surface area contributed by atoms with Gasteiger partial charge in [-0.2, -0.15) is 5.26 Å². The third-order valence-electron chi connectivity index (χ3n) is 5.28. The molecule has 0 unspecified atom stereocenters. The van der Waals surface area contributed by atoms with Crippen LogP contribution in [0.4, 0.5) is 4.79 Å². The Morgan fingerprint density at radius 3 is 2.81 bits per heavy atom. The van der Waals surface area contributed by atoms with E-state index < -0.39 is 17.7 Å². The third-order valence-corrected chi connectivity index (χ3v) is 5.28. The summed E-state index contributed by atoms with van der Waals surface area (Å²) < 4.78 is 5.71. The Bertz CT molecular complexity index is 818. The number of hydrogen-bond donors (Lipinski definition) is 2. The molecule has 27 heavy (non-hydrogen) atoms. The van der Waals surface area contributed by atoms with Gasteiger partial charge in [-0.05, 0) is 38.8 Å². The van der Waals surface area contributed by atoms with E-state index in [0.29, 0.717) is 24.4 Å². The number of carbonyl (C=O) groups excluding carboxylic acids is 3. The van der Waals surface area contributed by atoms with Crippen molar-refractivity contribution in [2.24, 2.45) is 5.92 Å². The van der Waals surface area contributed by atoms with E-state index in [1.54, 1.807) is 43.0 Å². The van der Waals surface area contributed by atoms with Crippen LogP contribution < -0.4 is 15.4 Å². The molecule has 0 spiro atoms. The van der Waals surface area contributed by atoms with Gasteiger partial charge in [-0.3, -0.25) is 14.9 Å². The van der Waals surface area contributed by atoms with Gasteiger partial charge < -0.3 is 15.0 Å². The first-order valence-electron chi connectivity index (χ1n) is 8.93. The van der Waals surface area contributed by atoms with Gasteiger partial charge in [0.1, 0.15) is 17.4 Å². The van der Waals surface area contributed by atoms with Crippen molar-refractivity contribution in [3.8, 4) is 11.8 Å². The van der Waals surface area contributed by atoms with Gasteiger partial charge in [0.15, 0.2) is 6.10 Å². The van der Waals surface area contributed by atoms with Crippen LogP contribution in [0.15, 0.2) is 24.3 Å². The Morgan fingerprint density at radius 2 is 2.15 bits per heavy atom. The number of hydrogen-bond acceptors (Lipinski definition) is 5. The highest BCUT2D eigenvalue weighted by Crippen LogP contribution is 2.30. The standard InChI is InChI=1S/C19H22N4O4/c1-12(27-15-8-4-3-6-13(15)10-20)16(24)23-9-5-7-14(11-23)19(2)17(25)21-18(26)22-19/h3-4,6,8,12,14H,5,7,9,11H2,1-2H3,(H2,21,22,25,26)/t12-,14+,19+/m0/s1. The number of likely N-dealkylation sites (tertiary alicyclic amines) is 1. The van der Waals surface area contributed by atoms with Gasteiger partial charge in [0, 0.05) is 19.0 Å². The molecule has 0 aromatic heterocycles. The van der Waals surface area contributed by atoms with Crippen molar-refractivity contribution in [2.75, 3.05) is 13.1 Å². The van der Waals surface area contributed by atoms with E-state index >= 15 is 0 Å². The van der Waals surface area contributed by atoms with Gasteiger partial charge in [0.05, 0.1) is 5.56 Å². The van der Waals surface area contributed by atoms with Crippen molar-refractivity contribution in [1.82, 2.24) is 15.5 Å². The number of imide groups is 1. The van der Waals surface area contributed by atoms with E-state index in [2.05, 4.69) is 10.6 Å². The maximum atomic E-state index is 12.8. The Morgan fingerprint density at radius 1 is 1.41 bits per heavy atom. The number of nitrogens with zero attached hydrogens (tertiary/aromatic N) is 2. The molecule has 8 nitrogen and oxygen atoms in total. The van der Waals surface area contributed by atoms with Crippen molar-refractivity contribution >= 4 is 17.8 Å². The molecule has 3 rings (SSSR count). The summed E-state index contributed by atoms with van der Waals surface area (Å²) in [5.74, 6) is -0.385. The fourth-order valence-electron chi connectivity index (χ4n) is 3.65. The molecular weight excluding hydrogens is 348 g/mol. The van der Waals surface area contributed by atoms with E-state index in [4.69, 9.17) is 10.00 Å². The van der Waals surface area contributed by atoms with Gasteiger partial charge in [-0.25, -0.2) is 4.79 Å². The van der Waals surface area contributed by atoms with E-state index in [9.17, 15) is 14.4 Å². The predicted molar refractivity (Wildman–Crippen MR) is 95.6 cm³/mol. The number of amides is 4. The third kappa shape index (κ3) is 3.58. The lowest BCUT2D eigenvalue weighted by Gasteiger charge is -2.40. The second-order valence-electron chi connectivity index (χ2n) is 7.10. The molecule has 2 saturated heterocycles. The minimum absolute atomic E-state index is 0.180. The van der Waals surface area contributed by atoms with Crippen molar-refractivity contribution in [3.05, 3.63) is 29.8 Å². The summed E-state index contributed by atoms with van der Waals surface area (Å²) >= 11 is 0. The van der Waals surface area contributed by atoms with Crippen LogP contribution in [0.5, 0.6) is 5.75 Å². The number of rotatable bonds is 4. The maximum Gasteiger partial charge on any atom is 0.322 e. The van der Waals surface area contributed by atoms with Crippen LogP contribution in [0, 0.1) is 17.2 Å². The van der Waals surface area contributed by atoms with Crippen molar-refractivity contribution in [1.29, 1.82) is 5.26 Å². The predicted octanol–water partition coefficient (Wildman–Crippen LogP) is 1.16. The molecular formula is C19H22N4O4. The largest absolute Gasteiger partial charge is 0.480 e. The average molecular weight is 370 g/mol. The fraction of sp³-hybridized carbons (Fsp3) is 0.474. The first-order chi connectivity index (χ1) is 12.8. The Balaban J connectivity index is 1.69. The van der Waals surface area contributed by atoms with Gasteiger partial charge in [0.25, 0.3) is 11.8 Å². The van der Waals surface area contributed by atoms with Crippen LogP contribution in [0.25, 0.3) is 0 Å². The van der Waals surface area contributed by atoms with Crippen LogP contribution in [-0.2, 0) is 9.59 Å². The Labute approximate surface area is 157 Å². The molecule has 1 aromatic carbocycles. The summed E-state index contributed by atoms with van der Waals surface area (Å²) in [4.78, 5) is 38.2. The molecule has 2 fully saturated rings. The van der Waals surface area contributed by atoms with Crippen molar-refractivity contribution < 1.29 is 19.1 Å². The smallest absolute Gasteiger partial charge is 0.322 e. The lowest BCUT2D eigenvalue weighted by molar-refractivity contribution is -0.141. The first-order valence-corrected chi connectivity index (χ1v) is 8.93. The number of benzene rings is 1. The monoisotopic (exact) mass is 370 g/mol. The summed E-state index contributed by atoms with van der Waals surface area (Å²) in [5, 5.41) is 14.1. The summed E-state index contributed by atoms with van der Waals surface area (Å²) in [6.45, 7) is 4.26. The SMILES string of the molecule is C[C@H](Oc1ccccc1C#N)C(=O)N1CCC[C@@H]([C@@]2(C)NC(=O)NC2=O)C1. The van der Waals surface area contributed by atoms with Gasteiger partial charge in [0.2, 0.25) is 0 Å². The van der Waals surface area contributed by atoms with Crippen LogP contribution >= 0.6 is 0 Å². The highest BCUT2D eigenvalue weighted by molar-refractivity contribution is 6.07. The number of urea groups is 1. The molecule has 2 aliphatic heterocycles. The Kier molecular flexibility index (Phi) is 5.04. The molecule has 2 N–H and O–H groups in total. The normalized spacial score (nSPS) is 26.0. The average Bonchev–Trinajstić information content (AvgIpc) is 2.94. The molecule has 8 heteroatoms. The molecule has 0 radical (unpaired) electrons. The van der Waals surface area contributed by atoms with Crippen LogP contribution in [0.2, 0.25) is 0 Å². The Hall–Kier alpha value is -3.08. The molecule has 0 bridgehead atoms. The first kappa shape index (κ1) is 18.7. The molecule has 0 aliphatic carbocycles. The van der Waals surface area contributed by atoms with E-state index in [1.165, 1.54) is 0 Å². The van der Waals surface area contributed by atoms with Gasteiger partial charge in [-0.15, -0.1) is 0 Å². The number of para-hydroxylation sites is 1. The van der Waals surface area contributed by atoms with Crippen LogP contribution in [0.1, 0.15) is 32.3 Å². The van der Waals surface area contributed by atoms with Gasteiger partial charge >= 0.3 is 6.03 Å². The summed E-state index contributed by atoms with van der Waals surface area (Å²) in [7, 11) is 0. The zero-order valence-electron chi connectivity index (χ0n) is 15.3. The number of nitrogens with one attached hydrogen (secondary N) is 2. The molecule has 0 saturated carbocycles. The molecule has 2 aliphatic rings. The minimum atomic E-state index is -1.02. The van der Waals surface area contributed by atoms with Crippen molar-refractivity contribution in [3.63, 3.8) is 0 Å². The lowest BCUT2D eigenvalue weighted by Crippen LogP contribution is -2.57. The number of nitriles is 1. The van der Waals surface area contributed by atoms with E-state index in [0.717, 1.165) is 12.8 Å². The van der Waals surface area contributed by atoms with Gasteiger partial charge in [-0.1, -0.05) is 12.1 Å². The van der Waals surface area contributed by atoms with Crippen LogP contribution in [0.3, 0.4) is 0 Å². The summed E-state index contributed by atoms with van der Waals surface area (Å²) in [5.41, 5.74) is -0.653. The second kappa shape index (κ2) is 7.27. The lowest BCUT2D eigenvalue weighted by atomic mass is 9.80. The number of carbonyl (C=O) groups is 3. The molecule has 2 heterocycles. The van der Waals surface area contributed by atoms with E-state index in [1.807, 2.05) is 6.07 Å². The zero-order chi connectivity index (χ0) is 19.6. The second-order valence-corrected chi connectivity index (χ2v) is 7.10. The minimum Gasteiger partial charge on any atom is -0.480 e. The number of piperidine rings is 1. The van der Waals surface area contributed by atoms with Crippen molar-refractivity contribution in [2.45, 2.75) is 38.3 Å². The molecule has 3 atom stereocenters. The fourth-order valence-corrected chi connectivity index (χ4v) is 3.65. The summed E-state index contributed by atoms with van der Waals surface area (Å²) in [6, 6.07) is 8.30. The zero-order valence-corrected chi connectivity index (χ0v) is 15.3. The molecule has 1 aromatic rings. The maximum absolute atomic E-state index is 12.8.